The van der Waals surface area contributed by atoms with E-state index in [1.807, 2.05) is 57.2 Å². The van der Waals surface area contributed by atoms with E-state index in [9.17, 15) is 9.59 Å². The molecule has 2 aliphatic rings. The first-order valence-corrected chi connectivity index (χ1v) is 9.79. The van der Waals surface area contributed by atoms with Crippen LogP contribution in [0, 0.1) is 26.7 Å². The molecule has 1 fully saturated rings. The van der Waals surface area contributed by atoms with Crippen molar-refractivity contribution in [1.29, 1.82) is 0 Å². The summed E-state index contributed by atoms with van der Waals surface area (Å²) in [5, 5.41) is 2.90. The number of aryl methyl sites for hydroxylation is 3. The second-order valence-corrected chi connectivity index (χ2v) is 7.81. The Kier molecular flexibility index (Phi) is 4.75. The maximum atomic E-state index is 13.3. The first-order valence-electron chi connectivity index (χ1n) is 9.79. The molecule has 28 heavy (non-hydrogen) atoms. The highest BCUT2D eigenvalue weighted by Gasteiger charge is 2.37. The molecule has 1 atom stereocenters. The Hall–Kier alpha value is -2.95. The van der Waals surface area contributed by atoms with E-state index in [0.717, 1.165) is 58.7 Å². The van der Waals surface area contributed by atoms with Crippen LogP contribution in [0.5, 0.6) is 0 Å². The van der Waals surface area contributed by atoms with Gasteiger partial charge in [0.2, 0.25) is 11.8 Å². The standard InChI is InChI=1S/C23H25N3O2/c1-14-7-9-17(10-8-14)24-22(27)13-26-21-12-16(3)15(2)11-20(21)25-19-6-4-5-18(19)23(26)28/h7-12,18H,4-6,13H2,1-3H3,(H,24,27). The fourth-order valence-corrected chi connectivity index (χ4v) is 3.93. The molecule has 2 aromatic rings. The van der Waals surface area contributed by atoms with Crippen LogP contribution < -0.4 is 10.2 Å². The molecule has 0 saturated heterocycles. The Balaban J connectivity index is 1.65. The molecular formula is C23H25N3O2. The van der Waals surface area contributed by atoms with Gasteiger partial charge in [0, 0.05) is 11.4 Å². The quantitative estimate of drug-likeness (QED) is 0.860. The number of benzene rings is 2. The molecule has 1 heterocycles. The summed E-state index contributed by atoms with van der Waals surface area (Å²) < 4.78 is 0. The van der Waals surface area contributed by atoms with E-state index in [-0.39, 0.29) is 24.3 Å². The molecule has 2 amide bonds. The fourth-order valence-electron chi connectivity index (χ4n) is 3.93. The van der Waals surface area contributed by atoms with Gasteiger partial charge >= 0.3 is 0 Å². The van der Waals surface area contributed by atoms with Crippen molar-refractivity contribution >= 4 is 34.6 Å². The van der Waals surface area contributed by atoms with Gasteiger partial charge in [-0.05, 0) is 75.4 Å². The van der Waals surface area contributed by atoms with Crippen LogP contribution in [0.3, 0.4) is 0 Å². The average molecular weight is 375 g/mol. The molecule has 5 heteroatoms. The van der Waals surface area contributed by atoms with Crippen LogP contribution in [-0.2, 0) is 9.59 Å². The van der Waals surface area contributed by atoms with Gasteiger partial charge in [-0.15, -0.1) is 0 Å². The van der Waals surface area contributed by atoms with Crippen molar-refractivity contribution < 1.29 is 9.59 Å². The number of carbonyl (C=O) groups is 2. The molecule has 4 rings (SSSR count). The zero-order chi connectivity index (χ0) is 19.8. The summed E-state index contributed by atoms with van der Waals surface area (Å²) in [6.45, 7) is 6.05. The predicted molar refractivity (Wildman–Crippen MR) is 113 cm³/mol. The zero-order valence-electron chi connectivity index (χ0n) is 16.6. The monoisotopic (exact) mass is 375 g/mol. The second kappa shape index (κ2) is 7.23. The molecular weight excluding hydrogens is 350 g/mol. The van der Waals surface area contributed by atoms with Gasteiger partial charge in [0.15, 0.2) is 0 Å². The Morgan fingerprint density at radius 2 is 1.86 bits per heavy atom. The lowest BCUT2D eigenvalue weighted by molar-refractivity contribution is -0.122. The van der Waals surface area contributed by atoms with E-state index in [0.29, 0.717) is 0 Å². The summed E-state index contributed by atoms with van der Waals surface area (Å²) in [4.78, 5) is 32.5. The SMILES string of the molecule is Cc1ccc(NC(=O)CN2C(=O)C3CCCC3=Nc3cc(C)c(C)cc32)cc1. The number of rotatable bonds is 3. The topological polar surface area (TPSA) is 61.8 Å². The van der Waals surface area contributed by atoms with Crippen LogP contribution in [0.2, 0.25) is 0 Å². The molecule has 1 aliphatic heterocycles. The molecule has 0 bridgehead atoms. The van der Waals surface area contributed by atoms with Crippen LogP contribution in [0.25, 0.3) is 0 Å². The maximum absolute atomic E-state index is 13.3. The number of aliphatic imine (C=N–C) groups is 1. The summed E-state index contributed by atoms with van der Waals surface area (Å²) in [7, 11) is 0. The predicted octanol–water partition coefficient (Wildman–Crippen LogP) is 4.47. The molecule has 0 radical (unpaired) electrons. The number of hydrogen-bond acceptors (Lipinski definition) is 3. The summed E-state index contributed by atoms with van der Waals surface area (Å²) >= 11 is 0. The number of nitrogens with zero attached hydrogens (tertiary/aromatic N) is 2. The number of hydrogen-bond donors (Lipinski definition) is 1. The summed E-state index contributed by atoms with van der Waals surface area (Å²) in [5.41, 5.74) is 6.56. The van der Waals surface area contributed by atoms with Crippen LogP contribution in [-0.4, -0.2) is 24.1 Å². The third-order valence-corrected chi connectivity index (χ3v) is 5.67. The van der Waals surface area contributed by atoms with E-state index in [1.165, 1.54) is 0 Å². The van der Waals surface area contributed by atoms with Gasteiger partial charge in [-0.3, -0.25) is 14.6 Å². The van der Waals surface area contributed by atoms with Gasteiger partial charge in [0.1, 0.15) is 6.54 Å². The van der Waals surface area contributed by atoms with E-state index in [1.54, 1.807) is 4.90 Å². The Bertz CT molecular complexity index is 976. The minimum absolute atomic E-state index is 0.0124. The van der Waals surface area contributed by atoms with Crippen molar-refractivity contribution in [3.63, 3.8) is 0 Å². The molecule has 5 nitrogen and oxygen atoms in total. The second-order valence-electron chi connectivity index (χ2n) is 7.81. The van der Waals surface area contributed by atoms with Crippen LogP contribution in [0.1, 0.15) is 36.0 Å². The molecule has 2 aromatic carbocycles. The maximum Gasteiger partial charge on any atom is 0.244 e. The number of amides is 2. The molecule has 144 valence electrons. The van der Waals surface area contributed by atoms with Crippen molar-refractivity contribution in [2.45, 2.75) is 40.0 Å². The zero-order valence-corrected chi connectivity index (χ0v) is 16.6. The highest BCUT2D eigenvalue weighted by molar-refractivity contribution is 6.16. The fraction of sp³-hybridized carbons (Fsp3) is 0.348. The van der Waals surface area contributed by atoms with Crippen molar-refractivity contribution in [2.75, 3.05) is 16.8 Å². The van der Waals surface area contributed by atoms with E-state index >= 15 is 0 Å². The molecule has 0 spiro atoms. The lowest BCUT2D eigenvalue weighted by Crippen LogP contribution is -2.41. The lowest BCUT2D eigenvalue weighted by atomic mass is 10.0. The first kappa shape index (κ1) is 18.4. The van der Waals surface area contributed by atoms with Crippen molar-refractivity contribution in [3.8, 4) is 0 Å². The smallest absolute Gasteiger partial charge is 0.244 e. The largest absolute Gasteiger partial charge is 0.325 e. The van der Waals surface area contributed by atoms with Gasteiger partial charge in [-0.2, -0.15) is 0 Å². The van der Waals surface area contributed by atoms with Gasteiger partial charge < -0.3 is 10.2 Å². The lowest BCUT2D eigenvalue weighted by Gasteiger charge is -2.25. The summed E-state index contributed by atoms with van der Waals surface area (Å²) in [6.07, 6.45) is 2.63. The van der Waals surface area contributed by atoms with Crippen molar-refractivity contribution in [3.05, 3.63) is 53.1 Å². The number of nitrogens with one attached hydrogen (secondary N) is 1. The third kappa shape index (κ3) is 3.44. The molecule has 1 N–H and O–H groups in total. The van der Waals surface area contributed by atoms with Crippen molar-refractivity contribution in [2.24, 2.45) is 10.9 Å². The molecule has 1 unspecified atom stereocenters. The molecule has 1 saturated carbocycles. The van der Waals surface area contributed by atoms with E-state index in [4.69, 9.17) is 4.99 Å². The molecule has 1 aliphatic carbocycles. The van der Waals surface area contributed by atoms with E-state index < -0.39 is 0 Å². The van der Waals surface area contributed by atoms with Crippen LogP contribution >= 0.6 is 0 Å². The van der Waals surface area contributed by atoms with Gasteiger partial charge in [-0.25, -0.2) is 0 Å². The first-order chi connectivity index (χ1) is 13.4. The normalized spacial score (nSPS) is 18.2. The Labute approximate surface area is 165 Å². The van der Waals surface area contributed by atoms with Gasteiger partial charge in [0.25, 0.3) is 0 Å². The highest BCUT2D eigenvalue weighted by atomic mass is 16.2. The summed E-state index contributed by atoms with van der Waals surface area (Å²) in [6, 6.07) is 11.6. The minimum Gasteiger partial charge on any atom is -0.325 e. The van der Waals surface area contributed by atoms with E-state index in [2.05, 4.69) is 5.32 Å². The van der Waals surface area contributed by atoms with Crippen LogP contribution in [0.4, 0.5) is 17.1 Å². The number of fused-ring (bicyclic) bond motifs is 2. The number of anilines is 2. The average Bonchev–Trinajstić information content (AvgIpc) is 3.09. The van der Waals surface area contributed by atoms with Crippen molar-refractivity contribution in [1.82, 2.24) is 0 Å². The molecule has 0 aromatic heterocycles. The van der Waals surface area contributed by atoms with Gasteiger partial charge in [0.05, 0.1) is 17.3 Å². The third-order valence-electron chi connectivity index (χ3n) is 5.67. The van der Waals surface area contributed by atoms with Gasteiger partial charge in [-0.1, -0.05) is 17.7 Å². The Morgan fingerprint density at radius 1 is 1.14 bits per heavy atom. The van der Waals surface area contributed by atoms with Crippen LogP contribution in [0.15, 0.2) is 41.4 Å². The summed E-state index contributed by atoms with van der Waals surface area (Å²) in [5.74, 6) is -0.430. The Morgan fingerprint density at radius 3 is 2.61 bits per heavy atom. The minimum atomic E-state index is -0.208. The number of carbonyl (C=O) groups excluding carboxylic acids is 2. The highest BCUT2D eigenvalue weighted by Crippen LogP contribution is 2.39.